The molecule has 2 rings (SSSR count). The molecular weight excluding hydrogens is 252 g/mol. The Morgan fingerprint density at radius 2 is 2.11 bits per heavy atom. The van der Waals surface area contributed by atoms with E-state index in [9.17, 15) is 19.8 Å². The molecule has 1 aromatic rings. The highest BCUT2D eigenvalue weighted by Crippen LogP contribution is 2.22. The average molecular weight is 266 g/mol. The highest BCUT2D eigenvalue weighted by atomic mass is 16.4. The minimum atomic E-state index is -1.27. The van der Waals surface area contributed by atoms with Crippen LogP contribution >= 0.6 is 0 Å². The fraction of sp³-hybridized carbons (Fsp3) is 0.333. The van der Waals surface area contributed by atoms with Gasteiger partial charge in [0.15, 0.2) is 0 Å². The highest BCUT2D eigenvalue weighted by molar-refractivity contribution is 5.97. The molecule has 1 aliphatic heterocycles. The second kappa shape index (κ2) is 5.25. The van der Waals surface area contributed by atoms with Crippen LogP contribution in [0.5, 0.6) is 5.75 Å². The molecule has 0 aromatic heterocycles. The monoisotopic (exact) mass is 266 g/mol. The number of benzene rings is 1. The van der Waals surface area contributed by atoms with Gasteiger partial charge in [0.05, 0.1) is 12.1 Å². The molecule has 0 bridgehead atoms. The van der Waals surface area contributed by atoms with Crippen LogP contribution in [0, 0.1) is 0 Å². The van der Waals surface area contributed by atoms with E-state index in [0.717, 1.165) is 0 Å². The number of carbonyl (C=O) groups is 2. The van der Waals surface area contributed by atoms with E-state index < -0.39 is 18.1 Å². The van der Waals surface area contributed by atoms with Crippen molar-refractivity contribution in [3.63, 3.8) is 0 Å². The summed E-state index contributed by atoms with van der Waals surface area (Å²) in [6.07, 6.45) is -0.236. The molecule has 1 saturated heterocycles. The number of aliphatic hydroxyl groups excluding tert-OH is 1. The Morgan fingerprint density at radius 1 is 1.37 bits per heavy atom. The number of anilines is 1. The Kier molecular flexibility index (Phi) is 3.68. The lowest BCUT2D eigenvalue weighted by atomic mass is 10.1. The zero-order valence-electron chi connectivity index (χ0n) is 9.96. The van der Waals surface area contributed by atoms with Crippen molar-refractivity contribution in [1.29, 1.82) is 0 Å². The second-order valence-corrected chi connectivity index (χ2v) is 4.38. The van der Waals surface area contributed by atoms with E-state index in [1.165, 1.54) is 18.2 Å². The van der Waals surface area contributed by atoms with E-state index in [1.54, 1.807) is 0 Å². The fourth-order valence-electron chi connectivity index (χ4n) is 1.93. The molecule has 19 heavy (non-hydrogen) atoms. The Morgan fingerprint density at radius 3 is 2.68 bits per heavy atom. The van der Waals surface area contributed by atoms with Gasteiger partial charge < -0.3 is 26.0 Å². The lowest BCUT2D eigenvalue weighted by Gasteiger charge is -2.11. The summed E-state index contributed by atoms with van der Waals surface area (Å²) in [5.74, 6) is -1.98. The maximum absolute atomic E-state index is 11.8. The molecule has 0 saturated carbocycles. The first-order valence-electron chi connectivity index (χ1n) is 5.76. The summed E-state index contributed by atoms with van der Waals surface area (Å²) in [4.78, 5) is 22.7. The van der Waals surface area contributed by atoms with E-state index in [0.29, 0.717) is 13.0 Å². The molecular formula is C12H14N2O5. The van der Waals surface area contributed by atoms with E-state index in [2.05, 4.69) is 10.6 Å². The number of amides is 1. The van der Waals surface area contributed by atoms with Crippen LogP contribution in [0.1, 0.15) is 16.8 Å². The molecule has 1 aromatic carbocycles. The minimum Gasteiger partial charge on any atom is -0.507 e. The summed E-state index contributed by atoms with van der Waals surface area (Å²) >= 11 is 0. The number of β-amino-alcohol motifs (C(OH)–C–C–N with tert-alkyl or cyclic N) is 1. The van der Waals surface area contributed by atoms with E-state index >= 15 is 0 Å². The zero-order valence-corrected chi connectivity index (χ0v) is 9.96. The molecule has 0 aliphatic carbocycles. The normalized spacial score (nSPS) is 22.2. The Hall–Kier alpha value is -2.12. The fourth-order valence-corrected chi connectivity index (χ4v) is 1.93. The van der Waals surface area contributed by atoms with Crippen molar-refractivity contribution >= 4 is 17.6 Å². The molecule has 0 spiro atoms. The number of rotatable bonds is 3. The smallest absolute Gasteiger partial charge is 0.339 e. The van der Waals surface area contributed by atoms with Gasteiger partial charge in [-0.25, -0.2) is 4.79 Å². The number of aromatic hydroxyl groups is 1. The quantitative estimate of drug-likeness (QED) is 0.481. The summed E-state index contributed by atoms with van der Waals surface area (Å²) in [6, 6.07) is 3.29. The van der Waals surface area contributed by atoms with Gasteiger partial charge in [-0.3, -0.25) is 4.79 Å². The first-order chi connectivity index (χ1) is 8.97. The number of aromatic carboxylic acids is 1. The molecule has 7 nitrogen and oxygen atoms in total. The highest BCUT2D eigenvalue weighted by Gasteiger charge is 2.28. The molecule has 1 amide bonds. The first kappa shape index (κ1) is 13.3. The zero-order chi connectivity index (χ0) is 14.0. The standard InChI is InChI=1S/C12H14N2O5/c15-7-4-9(13-5-7)11(17)14-6-1-2-10(16)8(3-6)12(18)19/h1-3,7,9,13,15-16H,4-5H2,(H,14,17)(H,18,19). The van der Waals surface area contributed by atoms with Crippen molar-refractivity contribution in [2.45, 2.75) is 18.6 Å². The topological polar surface area (TPSA) is 119 Å². The number of hydrogen-bond acceptors (Lipinski definition) is 5. The molecule has 1 aliphatic rings. The molecule has 1 fully saturated rings. The van der Waals surface area contributed by atoms with Gasteiger partial charge in [0.25, 0.3) is 0 Å². The average Bonchev–Trinajstić information content (AvgIpc) is 2.78. The van der Waals surface area contributed by atoms with Gasteiger partial charge in [-0.2, -0.15) is 0 Å². The molecule has 102 valence electrons. The van der Waals surface area contributed by atoms with Gasteiger partial charge in [-0.05, 0) is 24.6 Å². The van der Waals surface area contributed by atoms with Gasteiger partial charge in [-0.1, -0.05) is 0 Å². The third-order valence-corrected chi connectivity index (χ3v) is 2.92. The maximum Gasteiger partial charge on any atom is 0.339 e. The van der Waals surface area contributed by atoms with E-state index in [1.807, 2.05) is 0 Å². The van der Waals surface area contributed by atoms with Crippen molar-refractivity contribution < 1.29 is 24.9 Å². The SMILES string of the molecule is O=C(O)c1cc(NC(=O)C2CC(O)CN2)ccc1O. The number of nitrogens with one attached hydrogen (secondary N) is 2. The number of carboxylic acids is 1. The lowest BCUT2D eigenvalue weighted by Crippen LogP contribution is -2.35. The van der Waals surface area contributed by atoms with Crippen molar-refractivity contribution in [1.82, 2.24) is 5.32 Å². The van der Waals surface area contributed by atoms with Crippen LogP contribution in [0.3, 0.4) is 0 Å². The number of carbonyl (C=O) groups excluding carboxylic acids is 1. The van der Waals surface area contributed by atoms with Crippen LogP contribution in [0.15, 0.2) is 18.2 Å². The van der Waals surface area contributed by atoms with Gasteiger partial charge in [0.1, 0.15) is 11.3 Å². The van der Waals surface area contributed by atoms with E-state index in [-0.39, 0.29) is 22.9 Å². The van der Waals surface area contributed by atoms with Crippen LogP contribution in [0.4, 0.5) is 5.69 Å². The van der Waals surface area contributed by atoms with Crippen LogP contribution in [0.2, 0.25) is 0 Å². The second-order valence-electron chi connectivity index (χ2n) is 4.38. The summed E-state index contributed by atoms with van der Waals surface area (Å²) in [5, 5.41) is 32.9. The predicted molar refractivity (Wildman–Crippen MR) is 66.1 cm³/mol. The molecule has 0 radical (unpaired) electrons. The van der Waals surface area contributed by atoms with Gasteiger partial charge >= 0.3 is 5.97 Å². The molecule has 2 unspecified atom stereocenters. The van der Waals surface area contributed by atoms with Crippen LogP contribution in [-0.2, 0) is 4.79 Å². The number of phenols is 1. The van der Waals surface area contributed by atoms with Crippen molar-refractivity contribution in [2.75, 3.05) is 11.9 Å². The molecule has 1 heterocycles. The first-order valence-corrected chi connectivity index (χ1v) is 5.76. The van der Waals surface area contributed by atoms with Crippen LogP contribution < -0.4 is 10.6 Å². The third-order valence-electron chi connectivity index (χ3n) is 2.92. The van der Waals surface area contributed by atoms with Gasteiger partial charge in [0.2, 0.25) is 5.91 Å². The van der Waals surface area contributed by atoms with Crippen molar-refractivity contribution in [3.8, 4) is 5.75 Å². The Labute approximate surface area is 108 Å². The molecule has 7 heteroatoms. The van der Waals surface area contributed by atoms with E-state index in [4.69, 9.17) is 5.11 Å². The third kappa shape index (κ3) is 3.01. The summed E-state index contributed by atoms with van der Waals surface area (Å²) < 4.78 is 0. The van der Waals surface area contributed by atoms with Crippen LogP contribution in [-0.4, -0.2) is 45.9 Å². The number of carboxylic acid groups (broad SMARTS) is 1. The van der Waals surface area contributed by atoms with Crippen LogP contribution in [0.25, 0.3) is 0 Å². The molecule has 2 atom stereocenters. The molecule has 5 N–H and O–H groups in total. The minimum absolute atomic E-state index is 0.280. The summed E-state index contributed by atoms with van der Waals surface area (Å²) in [6.45, 7) is 0.355. The predicted octanol–water partition coefficient (Wildman–Crippen LogP) is -0.248. The number of aliphatic hydroxyl groups is 1. The van der Waals surface area contributed by atoms with Gasteiger partial charge in [-0.15, -0.1) is 0 Å². The summed E-state index contributed by atoms with van der Waals surface area (Å²) in [7, 11) is 0. The maximum atomic E-state index is 11.8. The Bertz CT molecular complexity index is 517. The largest absolute Gasteiger partial charge is 0.507 e. The lowest BCUT2D eigenvalue weighted by molar-refractivity contribution is -0.117. The van der Waals surface area contributed by atoms with Crippen molar-refractivity contribution in [2.24, 2.45) is 0 Å². The van der Waals surface area contributed by atoms with Crippen molar-refractivity contribution in [3.05, 3.63) is 23.8 Å². The van der Waals surface area contributed by atoms with Gasteiger partial charge in [0, 0.05) is 12.2 Å². The number of hydrogen-bond donors (Lipinski definition) is 5. The Balaban J connectivity index is 2.09. The summed E-state index contributed by atoms with van der Waals surface area (Å²) in [5.41, 5.74) is 0.000561.